The zero-order valence-corrected chi connectivity index (χ0v) is 41.5. The van der Waals surface area contributed by atoms with E-state index < -0.39 is 84.3 Å². The van der Waals surface area contributed by atoms with Gasteiger partial charge in [-0.15, -0.1) is 0 Å². The number of rotatable bonds is 0. The zero-order chi connectivity index (χ0) is 47.7. The molecule has 0 aromatic heterocycles. The smallest absolute Gasteiger partial charge is 0.870 e. The maximum Gasteiger partial charge on any atom is 1.00 e. The van der Waals surface area contributed by atoms with E-state index in [-0.39, 0.29) is 58.2 Å². The van der Waals surface area contributed by atoms with Crippen molar-refractivity contribution in [1.82, 2.24) is 0 Å². The van der Waals surface area contributed by atoms with E-state index in [1.54, 1.807) is 78.8 Å². The summed E-state index contributed by atoms with van der Waals surface area (Å²) < 4.78 is 117. The molecule has 4 aliphatic heterocycles. The number of hydrogen-bond acceptors (Lipinski definition) is 10. The third kappa shape index (κ3) is 14.4. The minimum atomic E-state index is -4.68. The molecule has 2 aromatic rings. The molecule has 4 aliphatic rings. The summed E-state index contributed by atoms with van der Waals surface area (Å²) in [6.07, 6.45) is -3.10. The molecule has 2 fully saturated rings. The molecule has 2 N–H and O–H groups in total. The number of cyclic esters (lactones) is 2. The number of esters is 2. The molecule has 0 radical (unpaired) electrons. The maximum absolute atomic E-state index is 13.8. The Kier molecular flexibility index (Phi) is 19.4. The van der Waals surface area contributed by atoms with Gasteiger partial charge in [-0.2, -0.15) is 26.3 Å². The van der Waals surface area contributed by atoms with Crippen LogP contribution < -0.4 is 29.6 Å². The van der Waals surface area contributed by atoms with Gasteiger partial charge in [-0.3, -0.25) is 0 Å². The Bertz CT molecular complexity index is 2000. The van der Waals surface area contributed by atoms with Crippen molar-refractivity contribution in [1.29, 1.82) is 0 Å². The second-order valence-electron chi connectivity index (χ2n) is 18.1. The average molecular weight is 947 g/mol. The molecule has 10 nitrogen and oxygen atoms in total. The van der Waals surface area contributed by atoms with Crippen molar-refractivity contribution in [3.05, 3.63) is 105 Å². The SMILES string of the molecule is Cc1cc(C)c2c(c1)/C=C/CC1OC(C)(C)OC1C(C)/C=C\C(C(F)(F)F)C(C)OC2=O.Cc1cc(C)c2c(c1)/C=C/CC1OC(C)(C)OC1C(O)/C=C\C(C(F)(F)F)C(C)OC2=O.[Na+].[OH-]. The molecule has 10 unspecified atom stereocenters. The van der Waals surface area contributed by atoms with Gasteiger partial charge in [0.1, 0.15) is 36.3 Å². The number of halogens is 6. The number of fused-ring (bicyclic) bond motifs is 4. The van der Waals surface area contributed by atoms with Crippen molar-refractivity contribution >= 4 is 24.1 Å². The number of aryl methyl sites for hydroxylation is 4. The van der Waals surface area contributed by atoms with Gasteiger partial charge in [0.15, 0.2) is 11.6 Å². The molecule has 0 bridgehead atoms. The van der Waals surface area contributed by atoms with Gasteiger partial charge in [-0.05, 0) is 104 Å². The van der Waals surface area contributed by atoms with E-state index in [1.165, 1.54) is 19.9 Å². The molecule has 2 saturated heterocycles. The summed E-state index contributed by atoms with van der Waals surface area (Å²) in [5.41, 5.74) is 4.76. The van der Waals surface area contributed by atoms with Gasteiger partial charge in [-0.25, -0.2) is 9.59 Å². The van der Waals surface area contributed by atoms with Crippen LogP contribution in [-0.4, -0.2) is 89.2 Å². The number of carbonyl (C=O) groups excluding carboxylic acids is 2. The Morgan fingerprint density at radius 1 is 0.591 bits per heavy atom. The first-order chi connectivity index (χ1) is 29.6. The number of benzene rings is 2. The van der Waals surface area contributed by atoms with Gasteiger partial charge >= 0.3 is 53.8 Å². The van der Waals surface area contributed by atoms with Gasteiger partial charge in [-0.1, -0.05) is 90.9 Å². The predicted molar refractivity (Wildman–Crippen MR) is 231 cm³/mol. The maximum atomic E-state index is 13.8. The summed E-state index contributed by atoms with van der Waals surface area (Å²) in [5.74, 6) is -7.77. The zero-order valence-electron chi connectivity index (χ0n) is 39.5. The third-order valence-electron chi connectivity index (χ3n) is 11.5. The van der Waals surface area contributed by atoms with Crippen molar-refractivity contribution in [2.24, 2.45) is 17.8 Å². The second-order valence-corrected chi connectivity index (χ2v) is 18.1. The molecule has 2 aromatic carbocycles. The van der Waals surface area contributed by atoms with Gasteiger partial charge in [0.2, 0.25) is 0 Å². The molecule has 6 rings (SSSR count). The van der Waals surface area contributed by atoms with Crippen molar-refractivity contribution in [3.8, 4) is 0 Å². The first-order valence-electron chi connectivity index (χ1n) is 21.4. The molecule has 0 aliphatic carbocycles. The fourth-order valence-electron chi connectivity index (χ4n) is 8.72. The number of ether oxygens (including phenoxy) is 6. The van der Waals surface area contributed by atoms with Crippen LogP contribution in [-0.2, 0) is 28.4 Å². The largest absolute Gasteiger partial charge is 1.00 e. The summed E-state index contributed by atoms with van der Waals surface area (Å²) >= 11 is 0. The van der Waals surface area contributed by atoms with Crippen LogP contribution in [0.2, 0.25) is 0 Å². The van der Waals surface area contributed by atoms with Crippen LogP contribution in [0.1, 0.15) is 115 Å². The van der Waals surface area contributed by atoms with Crippen LogP contribution in [0.25, 0.3) is 12.2 Å². The molecule has 0 saturated carbocycles. The van der Waals surface area contributed by atoms with Crippen LogP contribution >= 0.6 is 0 Å². The van der Waals surface area contributed by atoms with E-state index in [9.17, 15) is 41.0 Å². The Morgan fingerprint density at radius 3 is 1.38 bits per heavy atom. The Hall–Kier alpha value is -3.32. The van der Waals surface area contributed by atoms with E-state index in [0.29, 0.717) is 35.1 Å². The number of aliphatic hydroxyl groups is 1. The monoisotopic (exact) mass is 946 g/mol. The second kappa shape index (κ2) is 22.4. The van der Waals surface area contributed by atoms with Crippen LogP contribution in [0.5, 0.6) is 0 Å². The molecular weight excluding hydrogens is 886 g/mol. The summed E-state index contributed by atoms with van der Waals surface area (Å²) in [5, 5.41) is 10.6. The third-order valence-corrected chi connectivity index (χ3v) is 11.5. The first kappa shape index (κ1) is 57.0. The van der Waals surface area contributed by atoms with Crippen molar-refractivity contribution in [3.63, 3.8) is 0 Å². The Morgan fingerprint density at radius 2 is 0.970 bits per heavy atom. The molecule has 0 spiro atoms. The van der Waals surface area contributed by atoms with Crippen LogP contribution in [0.3, 0.4) is 0 Å². The summed E-state index contributed by atoms with van der Waals surface area (Å²) in [6, 6.07) is 7.20. The van der Waals surface area contributed by atoms with Crippen molar-refractivity contribution in [2.45, 2.75) is 156 Å². The molecule has 10 atom stereocenters. The number of hydrogen-bond donors (Lipinski definition) is 1. The van der Waals surface area contributed by atoms with E-state index in [4.69, 9.17) is 28.4 Å². The fraction of sp³-hybridized carbons (Fsp3) is 0.551. The van der Waals surface area contributed by atoms with Gasteiger partial charge in [0.05, 0.1) is 29.4 Å². The summed E-state index contributed by atoms with van der Waals surface area (Å²) in [7, 11) is 0. The summed E-state index contributed by atoms with van der Waals surface area (Å²) in [4.78, 5) is 25.8. The number of carbonyl (C=O) groups is 2. The Labute approximate surface area is 405 Å². The van der Waals surface area contributed by atoms with Gasteiger partial charge in [0, 0.05) is 5.92 Å². The van der Waals surface area contributed by atoms with E-state index in [2.05, 4.69) is 0 Å². The van der Waals surface area contributed by atoms with Crippen molar-refractivity contribution in [2.75, 3.05) is 0 Å². The van der Waals surface area contributed by atoms with E-state index in [0.717, 1.165) is 29.4 Å². The van der Waals surface area contributed by atoms with Crippen molar-refractivity contribution < 1.29 is 104 Å². The minimum absolute atomic E-state index is 0. The number of aliphatic hydroxyl groups excluding tert-OH is 1. The normalized spacial score (nSPS) is 31.9. The van der Waals surface area contributed by atoms with E-state index in [1.807, 2.05) is 32.1 Å². The summed E-state index contributed by atoms with van der Waals surface area (Å²) in [6.45, 7) is 18.5. The molecule has 17 heteroatoms. The quantitative estimate of drug-likeness (QED) is 0.120. The first-order valence-corrected chi connectivity index (χ1v) is 21.4. The standard InChI is InChI=1S/C25H31F3O4.C24H29F3O5.Na.H2O/c1-14-12-16(3)21-18(13-14)8-7-9-20-22(32-24(5,6)31-20)15(2)10-11-19(25(26,27)28)17(4)30-23(21)29;1-13-11-14(2)20-16(12-13)7-6-8-19-21(32-23(4,5)31-19)18(28)10-9-17(24(25,26)27)15(3)30-22(20)29;;/h7-8,10-13,15,17,19-20,22H,9H2,1-6H3;6-7,9-12,15,17-19,21,28H,8H2,1-5H3;;1H2/q;;+1;/p-1/b8-7+,11-10-;7-6+,10-9-;;. The van der Waals surface area contributed by atoms with Crippen LogP contribution in [0, 0.1) is 45.4 Å². The fourth-order valence-corrected chi connectivity index (χ4v) is 8.72. The topological polar surface area (TPSA) is 140 Å². The molecular formula is C49H61F6NaO10. The van der Waals surface area contributed by atoms with E-state index >= 15 is 0 Å². The minimum Gasteiger partial charge on any atom is -0.870 e. The van der Waals surface area contributed by atoms with Crippen LogP contribution in [0.4, 0.5) is 26.3 Å². The van der Waals surface area contributed by atoms with Gasteiger partial charge < -0.3 is 39.0 Å². The molecule has 4 heterocycles. The molecule has 66 heavy (non-hydrogen) atoms. The average Bonchev–Trinajstić information content (AvgIpc) is 3.62. The Balaban J connectivity index is 0.000000340. The molecule has 0 amide bonds. The van der Waals surface area contributed by atoms with Crippen LogP contribution in [0.15, 0.2) is 60.7 Å². The predicted octanol–water partition coefficient (Wildman–Crippen LogP) is 7.87. The van der Waals surface area contributed by atoms with Gasteiger partial charge in [0.25, 0.3) is 0 Å². The number of alkyl halides is 6. The molecule has 360 valence electrons.